The Hall–Kier alpha value is -2.02. The quantitative estimate of drug-likeness (QED) is 0.903. The fraction of sp³-hybridized carbons (Fsp3) is 0.438. The first kappa shape index (κ1) is 15.9. The molecule has 1 saturated carbocycles. The summed E-state index contributed by atoms with van der Waals surface area (Å²) in [5.41, 5.74) is 1.28. The highest BCUT2D eigenvalue weighted by atomic mass is 19.4. The van der Waals surface area contributed by atoms with Gasteiger partial charge < -0.3 is 14.5 Å². The molecule has 0 atom stereocenters. The van der Waals surface area contributed by atoms with E-state index in [4.69, 9.17) is 4.42 Å². The highest BCUT2D eigenvalue weighted by Gasteiger charge is 2.44. The monoisotopic (exact) mass is 326 g/mol. The maximum Gasteiger partial charge on any atom is 0.573 e. The normalized spacial score (nSPS) is 16.4. The summed E-state index contributed by atoms with van der Waals surface area (Å²) in [5.74, 6) is 1.15. The predicted octanol–water partition coefficient (Wildman–Crippen LogP) is 3.97. The second kappa shape index (κ2) is 5.56. The molecule has 1 aliphatic rings. The Labute approximate surface area is 131 Å². The number of halogens is 3. The lowest BCUT2D eigenvalue weighted by Gasteiger charge is -2.18. The molecule has 1 heterocycles. The zero-order valence-corrected chi connectivity index (χ0v) is 12.8. The van der Waals surface area contributed by atoms with Crippen molar-refractivity contribution in [2.45, 2.75) is 45.1 Å². The van der Waals surface area contributed by atoms with Gasteiger partial charge in [0, 0.05) is 12.5 Å². The topological polar surface area (TPSA) is 47.3 Å². The number of ether oxygens (including phenoxy) is 1. The lowest BCUT2D eigenvalue weighted by atomic mass is 10.0. The van der Waals surface area contributed by atoms with Crippen LogP contribution in [0, 0.1) is 13.8 Å². The van der Waals surface area contributed by atoms with Crippen molar-refractivity contribution in [3.05, 3.63) is 47.2 Å². The molecule has 4 nitrogen and oxygen atoms in total. The van der Waals surface area contributed by atoms with Gasteiger partial charge in [0.05, 0.1) is 12.2 Å². The molecule has 0 amide bonds. The van der Waals surface area contributed by atoms with Crippen LogP contribution in [0.3, 0.4) is 0 Å². The van der Waals surface area contributed by atoms with E-state index in [-0.39, 0.29) is 11.3 Å². The smallest absolute Gasteiger partial charge is 0.444 e. The average molecular weight is 326 g/mol. The van der Waals surface area contributed by atoms with Crippen molar-refractivity contribution in [3.63, 3.8) is 0 Å². The molecule has 1 aliphatic carbocycles. The van der Waals surface area contributed by atoms with Gasteiger partial charge in [0.2, 0.25) is 0 Å². The standard InChI is InChI=1S/C16H17F3N2O2/c1-10-14(22-11(2)21-10)9-20-15(6-7-15)12-4-3-5-13(8-12)23-16(17,18)19/h3-5,8,20H,6-7,9H2,1-2H3. The molecular weight excluding hydrogens is 309 g/mol. The molecule has 124 valence electrons. The molecule has 23 heavy (non-hydrogen) atoms. The zero-order valence-electron chi connectivity index (χ0n) is 12.8. The van der Waals surface area contributed by atoms with Gasteiger partial charge in [-0.1, -0.05) is 12.1 Å². The lowest BCUT2D eigenvalue weighted by Crippen LogP contribution is -2.28. The number of hydrogen-bond acceptors (Lipinski definition) is 4. The summed E-state index contributed by atoms with van der Waals surface area (Å²) in [7, 11) is 0. The molecule has 0 aliphatic heterocycles. The molecule has 1 aromatic heterocycles. The maximum atomic E-state index is 12.3. The number of oxazole rings is 1. The SMILES string of the molecule is Cc1nc(C)c(CNC2(c3cccc(OC(F)(F)F)c3)CC2)o1. The summed E-state index contributed by atoms with van der Waals surface area (Å²) in [4.78, 5) is 4.21. The summed E-state index contributed by atoms with van der Waals surface area (Å²) in [6, 6.07) is 6.12. The molecule has 7 heteroatoms. The number of benzene rings is 1. The van der Waals surface area contributed by atoms with Crippen molar-refractivity contribution < 1.29 is 22.3 Å². The van der Waals surface area contributed by atoms with E-state index < -0.39 is 6.36 Å². The Bertz CT molecular complexity index is 706. The average Bonchev–Trinajstić information content (AvgIpc) is 3.16. The van der Waals surface area contributed by atoms with Gasteiger partial charge in [-0.3, -0.25) is 0 Å². The van der Waals surface area contributed by atoms with E-state index in [1.807, 2.05) is 13.0 Å². The third kappa shape index (κ3) is 3.67. The molecule has 0 radical (unpaired) electrons. The van der Waals surface area contributed by atoms with E-state index in [2.05, 4.69) is 15.0 Å². The summed E-state index contributed by atoms with van der Waals surface area (Å²) in [6.45, 7) is 4.13. The van der Waals surface area contributed by atoms with Gasteiger partial charge >= 0.3 is 6.36 Å². The minimum atomic E-state index is -4.68. The molecule has 0 unspecified atom stereocenters. The van der Waals surface area contributed by atoms with Crippen LogP contribution in [0.2, 0.25) is 0 Å². The van der Waals surface area contributed by atoms with Gasteiger partial charge in [-0.25, -0.2) is 4.98 Å². The minimum absolute atomic E-state index is 0.199. The van der Waals surface area contributed by atoms with Gasteiger partial charge in [-0.2, -0.15) is 0 Å². The van der Waals surface area contributed by atoms with Gasteiger partial charge in [-0.15, -0.1) is 13.2 Å². The van der Waals surface area contributed by atoms with E-state index in [9.17, 15) is 13.2 Å². The molecule has 2 aromatic rings. The van der Waals surface area contributed by atoms with Gasteiger partial charge in [0.15, 0.2) is 5.89 Å². The first-order valence-corrected chi connectivity index (χ1v) is 7.32. The molecule has 0 saturated heterocycles. The molecule has 1 fully saturated rings. The fourth-order valence-electron chi connectivity index (χ4n) is 2.67. The lowest BCUT2D eigenvalue weighted by molar-refractivity contribution is -0.274. The van der Waals surface area contributed by atoms with Crippen LogP contribution in [0.15, 0.2) is 28.7 Å². The Morgan fingerprint density at radius 3 is 2.61 bits per heavy atom. The number of nitrogens with one attached hydrogen (secondary N) is 1. The van der Waals surface area contributed by atoms with E-state index in [1.165, 1.54) is 12.1 Å². The van der Waals surface area contributed by atoms with Crippen molar-refractivity contribution >= 4 is 0 Å². The summed E-state index contributed by atoms with van der Waals surface area (Å²) < 4.78 is 46.5. The van der Waals surface area contributed by atoms with Crippen molar-refractivity contribution in [3.8, 4) is 5.75 Å². The third-order valence-corrected chi connectivity index (χ3v) is 3.96. The minimum Gasteiger partial charge on any atom is -0.444 e. The second-order valence-electron chi connectivity index (χ2n) is 5.75. The highest BCUT2D eigenvalue weighted by molar-refractivity contribution is 5.37. The Morgan fingerprint density at radius 2 is 2.04 bits per heavy atom. The van der Waals surface area contributed by atoms with E-state index in [1.54, 1.807) is 13.0 Å². The van der Waals surface area contributed by atoms with Crippen LogP contribution in [0.4, 0.5) is 13.2 Å². The Morgan fingerprint density at radius 1 is 1.30 bits per heavy atom. The van der Waals surface area contributed by atoms with Crippen LogP contribution in [0.25, 0.3) is 0 Å². The molecule has 1 N–H and O–H groups in total. The largest absolute Gasteiger partial charge is 0.573 e. The van der Waals surface area contributed by atoms with Gasteiger partial charge in [0.25, 0.3) is 0 Å². The number of alkyl halides is 3. The number of aromatic nitrogens is 1. The second-order valence-corrected chi connectivity index (χ2v) is 5.75. The highest BCUT2D eigenvalue weighted by Crippen LogP contribution is 2.46. The summed E-state index contributed by atoms with van der Waals surface area (Å²) in [6.07, 6.45) is -2.97. The van der Waals surface area contributed by atoms with Crippen molar-refractivity contribution in [1.82, 2.24) is 10.3 Å². The molecule has 0 bridgehead atoms. The van der Waals surface area contributed by atoms with Crippen molar-refractivity contribution in [2.75, 3.05) is 0 Å². The molecule has 3 rings (SSSR count). The summed E-state index contributed by atoms with van der Waals surface area (Å²) in [5, 5.41) is 3.38. The van der Waals surface area contributed by atoms with Crippen LogP contribution in [-0.4, -0.2) is 11.3 Å². The summed E-state index contributed by atoms with van der Waals surface area (Å²) >= 11 is 0. The zero-order chi connectivity index (χ0) is 16.7. The molecular formula is C16H17F3N2O2. The van der Waals surface area contributed by atoms with E-state index >= 15 is 0 Å². The van der Waals surface area contributed by atoms with Gasteiger partial charge in [-0.05, 0) is 37.5 Å². The fourth-order valence-corrected chi connectivity index (χ4v) is 2.67. The first-order chi connectivity index (χ1) is 10.8. The first-order valence-electron chi connectivity index (χ1n) is 7.32. The van der Waals surface area contributed by atoms with E-state index in [0.29, 0.717) is 12.4 Å². The maximum absolute atomic E-state index is 12.3. The molecule has 0 spiro atoms. The Kier molecular flexibility index (Phi) is 3.83. The third-order valence-electron chi connectivity index (χ3n) is 3.96. The number of aryl methyl sites for hydroxylation is 2. The van der Waals surface area contributed by atoms with Crippen LogP contribution in [0.1, 0.15) is 35.7 Å². The van der Waals surface area contributed by atoms with E-state index in [0.717, 1.165) is 29.9 Å². The Balaban J connectivity index is 1.73. The number of rotatable bonds is 5. The van der Waals surface area contributed by atoms with Crippen LogP contribution in [-0.2, 0) is 12.1 Å². The molecule has 1 aromatic carbocycles. The number of hydrogen-bond donors (Lipinski definition) is 1. The van der Waals surface area contributed by atoms with Crippen molar-refractivity contribution in [2.24, 2.45) is 0 Å². The van der Waals surface area contributed by atoms with Gasteiger partial charge in [0.1, 0.15) is 11.5 Å². The van der Waals surface area contributed by atoms with Crippen LogP contribution in [0.5, 0.6) is 5.75 Å². The predicted molar refractivity (Wildman–Crippen MR) is 76.9 cm³/mol. The number of nitrogens with zero attached hydrogens (tertiary/aromatic N) is 1. The van der Waals surface area contributed by atoms with Crippen LogP contribution >= 0.6 is 0 Å². The van der Waals surface area contributed by atoms with Crippen LogP contribution < -0.4 is 10.1 Å². The van der Waals surface area contributed by atoms with Crippen molar-refractivity contribution in [1.29, 1.82) is 0 Å².